The zero-order valence-corrected chi connectivity index (χ0v) is 11.3. The van der Waals surface area contributed by atoms with Crippen LogP contribution in [0.5, 0.6) is 0 Å². The van der Waals surface area contributed by atoms with E-state index in [1.807, 2.05) is 32.0 Å². The van der Waals surface area contributed by atoms with Crippen molar-refractivity contribution in [2.24, 2.45) is 0 Å². The van der Waals surface area contributed by atoms with E-state index in [9.17, 15) is 4.79 Å². The number of carbonyl (C=O) groups is 1. The van der Waals surface area contributed by atoms with Crippen LogP contribution in [0.4, 0.5) is 0 Å². The zero-order valence-electron chi connectivity index (χ0n) is 11.3. The highest BCUT2D eigenvalue weighted by molar-refractivity contribution is 5.97. The van der Waals surface area contributed by atoms with Gasteiger partial charge in [0, 0.05) is 18.0 Å². The highest BCUT2D eigenvalue weighted by Crippen LogP contribution is 2.15. The van der Waals surface area contributed by atoms with Crippen LogP contribution in [0.25, 0.3) is 0 Å². The van der Waals surface area contributed by atoms with Gasteiger partial charge in [-0.2, -0.15) is 0 Å². The molecule has 2 heteroatoms. The van der Waals surface area contributed by atoms with Crippen LogP contribution >= 0.6 is 0 Å². The van der Waals surface area contributed by atoms with Gasteiger partial charge >= 0.3 is 0 Å². The number of aryl methyl sites for hydroxylation is 1. The van der Waals surface area contributed by atoms with Crippen molar-refractivity contribution < 1.29 is 4.79 Å². The number of rotatable bonds is 6. The predicted molar refractivity (Wildman–Crippen MR) is 72.6 cm³/mol. The Bertz CT molecular complexity index is 383. The van der Waals surface area contributed by atoms with Gasteiger partial charge in [-0.05, 0) is 37.9 Å². The van der Waals surface area contributed by atoms with Crippen molar-refractivity contribution in [3.05, 3.63) is 34.9 Å². The fourth-order valence-electron chi connectivity index (χ4n) is 1.83. The Morgan fingerprint density at radius 1 is 1.29 bits per heavy atom. The molecule has 0 amide bonds. The van der Waals surface area contributed by atoms with Crippen molar-refractivity contribution in [3.63, 3.8) is 0 Å². The van der Waals surface area contributed by atoms with Gasteiger partial charge in [0.25, 0.3) is 0 Å². The SMILES string of the molecule is Cc1cccc(C(=O)CCCNC(C)C)c1C. The molecule has 0 aliphatic carbocycles. The van der Waals surface area contributed by atoms with Crippen molar-refractivity contribution in [3.8, 4) is 0 Å². The van der Waals surface area contributed by atoms with Gasteiger partial charge in [-0.1, -0.05) is 32.0 Å². The minimum atomic E-state index is 0.261. The van der Waals surface area contributed by atoms with Gasteiger partial charge in [-0.25, -0.2) is 0 Å². The summed E-state index contributed by atoms with van der Waals surface area (Å²) in [5.74, 6) is 0.261. The third kappa shape index (κ3) is 4.31. The number of Topliss-reactive ketones (excluding diaryl/α,β-unsaturated/α-hetero) is 1. The van der Waals surface area contributed by atoms with Gasteiger partial charge < -0.3 is 5.32 Å². The summed E-state index contributed by atoms with van der Waals surface area (Å²) in [6.07, 6.45) is 1.54. The normalized spacial score (nSPS) is 10.9. The Balaban J connectivity index is 2.50. The van der Waals surface area contributed by atoms with Crippen LogP contribution in [0, 0.1) is 13.8 Å². The highest BCUT2D eigenvalue weighted by atomic mass is 16.1. The summed E-state index contributed by atoms with van der Waals surface area (Å²) in [4.78, 5) is 12.0. The molecule has 2 nitrogen and oxygen atoms in total. The van der Waals surface area contributed by atoms with Crippen LogP contribution in [-0.2, 0) is 0 Å². The van der Waals surface area contributed by atoms with Crippen molar-refractivity contribution >= 4 is 5.78 Å². The number of carbonyl (C=O) groups excluding carboxylic acids is 1. The molecule has 0 atom stereocenters. The molecule has 1 aromatic rings. The first-order valence-electron chi connectivity index (χ1n) is 6.35. The molecule has 0 saturated carbocycles. The largest absolute Gasteiger partial charge is 0.315 e. The Hall–Kier alpha value is -1.15. The molecule has 0 aliphatic rings. The van der Waals surface area contributed by atoms with E-state index in [1.54, 1.807) is 0 Å². The molecule has 0 aliphatic heterocycles. The second-order valence-electron chi connectivity index (χ2n) is 4.88. The fourth-order valence-corrected chi connectivity index (χ4v) is 1.83. The van der Waals surface area contributed by atoms with Crippen LogP contribution in [0.1, 0.15) is 48.2 Å². The monoisotopic (exact) mass is 233 g/mol. The van der Waals surface area contributed by atoms with E-state index >= 15 is 0 Å². The minimum absolute atomic E-state index is 0.261. The number of hydrogen-bond acceptors (Lipinski definition) is 2. The molecular weight excluding hydrogens is 210 g/mol. The molecular formula is C15H23NO. The van der Waals surface area contributed by atoms with Gasteiger partial charge in [-0.15, -0.1) is 0 Å². The lowest BCUT2D eigenvalue weighted by Crippen LogP contribution is -2.24. The van der Waals surface area contributed by atoms with Gasteiger partial charge in [0.1, 0.15) is 0 Å². The Morgan fingerprint density at radius 2 is 2.00 bits per heavy atom. The molecule has 0 heterocycles. The first-order valence-corrected chi connectivity index (χ1v) is 6.35. The second-order valence-corrected chi connectivity index (χ2v) is 4.88. The Kier molecular flexibility index (Phi) is 5.36. The van der Waals surface area contributed by atoms with Crippen molar-refractivity contribution in [1.82, 2.24) is 5.32 Å². The van der Waals surface area contributed by atoms with Gasteiger partial charge in [0.05, 0.1) is 0 Å². The molecule has 0 saturated heterocycles. The minimum Gasteiger partial charge on any atom is -0.315 e. The summed E-state index contributed by atoms with van der Waals surface area (Å²) in [6.45, 7) is 9.22. The molecule has 0 bridgehead atoms. The standard InChI is InChI=1S/C15H23NO/c1-11(2)16-10-6-9-15(17)14-8-5-7-12(3)13(14)4/h5,7-8,11,16H,6,9-10H2,1-4H3. The lowest BCUT2D eigenvalue weighted by molar-refractivity contribution is 0.0979. The predicted octanol–water partition coefficient (Wildman–Crippen LogP) is 3.26. The zero-order chi connectivity index (χ0) is 12.8. The van der Waals surface area contributed by atoms with E-state index in [1.165, 1.54) is 5.56 Å². The van der Waals surface area contributed by atoms with Gasteiger partial charge in [0.2, 0.25) is 0 Å². The third-order valence-corrected chi connectivity index (χ3v) is 3.04. The maximum atomic E-state index is 12.0. The smallest absolute Gasteiger partial charge is 0.163 e. The van der Waals surface area contributed by atoms with Crippen molar-refractivity contribution in [1.29, 1.82) is 0 Å². The molecule has 0 fully saturated rings. The maximum Gasteiger partial charge on any atom is 0.163 e. The number of hydrogen-bond donors (Lipinski definition) is 1. The summed E-state index contributed by atoms with van der Waals surface area (Å²) in [6, 6.07) is 6.43. The van der Waals surface area contributed by atoms with Gasteiger partial charge in [0.15, 0.2) is 5.78 Å². The van der Waals surface area contributed by atoms with Crippen LogP contribution in [0.3, 0.4) is 0 Å². The summed E-state index contributed by atoms with van der Waals surface area (Å²) < 4.78 is 0. The summed E-state index contributed by atoms with van der Waals surface area (Å²) >= 11 is 0. The topological polar surface area (TPSA) is 29.1 Å². The fraction of sp³-hybridized carbons (Fsp3) is 0.533. The first-order chi connectivity index (χ1) is 8.02. The summed E-state index contributed by atoms with van der Waals surface area (Å²) in [7, 11) is 0. The van der Waals surface area contributed by atoms with E-state index in [0.717, 1.165) is 24.1 Å². The summed E-state index contributed by atoms with van der Waals surface area (Å²) in [5, 5.41) is 3.33. The molecule has 94 valence electrons. The second kappa shape index (κ2) is 6.55. The quantitative estimate of drug-likeness (QED) is 0.603. The molecule has 1 rings (SSSR count). The molecule has 0 aromatic heterocycles. The molecule has 1 aromatic carbocycles. The Morgan fingerprint density at radius 3 is 2.65 bits per heavy atom. The van der Waals surface area contributed by atoms with Gasteiger partial charge in [-0.3, -0.25) is 4.79 Å². The lowest BCUT2D eigenvalue weighted by Gasteiger charge is -2.09. The Labute approximate surface area is 104 Å². The van der Waals surface area contributed by atoms with E-state index in [0.29, 0.717) is 12.5 Å². The molecule has 1 N–H and O–H groups in total. The van der Waals surface area contributed by atoms with E-state index in [-0.39, 0.29) is 5.78 Å². The average molecular weight is 233 g/mol. The van der Waals surface area contributed by atoms with Crippen LogP contribution in [-0.4, -0.2) is 18.4 Å². The molecule has 0 unspecified atom stereocenters. The summed E-state index contributed by atoms with van der Waals surface area (Å²) in [5.41, 5.74) is 3.19. The van der Waals surface area contributed by atoms with Crippen molar-refractivity contribution in [2.45, 2.75) is 46.6 Å². The van der Waals surface area contributed by atoms with E-state index in [2.05, 4.69) is 19.2 Å². The molecule has 17 heavy (non-hydrogen) atoms. The number of benzene rings is 1. The van der Waals surface area contributed by atoms with Crippen molar-refractivity contribution in [2.75, 3.05) is 6.54 Å². The van der Waals surface area contributed by atoms with E-state index < -0.39 is 0 Å². The number of ketones is 1. The van der Waals surface area contributed by atoms with Crippen LogP contribution < -0.4 is 5.32 Å². The average Bonchev–Trinajstić information content (AvgIpc) is 2.27. The van der Waals surface area contributed by atoms with Crippen LogP contribution in [0.15, 0.2) is 18.2 Å². The van der Waals surface area contributed by atoms with Crippen LogP contribution in [0.2, 0.25) is 0 Å². The maximum absolute atomic E-state index is 12.0. The number of nitrogens with one attached hydrogen (secondary N) is 1. The lowest BCUT2D eigenvalue weighted by atomic mass is 9.98. The van der Waals surface area contributed by atoms with E-state index in [4.69, 9.17) is 0 Å². The molecule has 0 radical (unpaired) electrons. The first kappa shape index (κ1) is 13.9. The third-order valence-electron chi connectivity index (χ3n) is 3.04. The molecule has 0 spiro atoms. The highest BCUT2D eigenvalue weighted by Gasteiger charge is 2.09.